The summed E-state index contributed by atoms with van der Waals surface area (Å²) < 4.78 is 5.81. The normalized spacial score (nSPS) is 32.7. The van der Waals surface area contributed by atoms with E-state index >= 15 is 0 Å². The summed E-state index contributed by atoms with van der Waals surface area (Å²) in [4.78, 5) is 26.9. The van der Waals surface area contributed by atoms with Gasteiger partial charge in [0.05, 0.1) is 5.76 Å². The average molecular weight is 312 g/mol. The summed E-state index contributed by atoms with van der Waals surface area (Å²) in [5.41, 5.74) is 0. The zero-order chi connectivity index (χ0) is 14.3. The Morgan fingerprint density at radius 3 is 2.95 bits per heavy atom. The van der Waals surface area contributed by atoms with Crippen molar-refractivity contribution in [3.05, 3.63) is 24.0 Å². The lowest BCUT2D eigenvalue weighted by Crippen LogP contribution is -2.71. The first-order valence-corrected chi connectivity index (χ1v) is 8.65. The highest BCUT2D eigenvalue weighted by atomic mass is 33.1. The summed E-state index contributed by atoms with van der Waals surface area (Å²) >= 11 is 0. The Balaban J connectivity index is 1.81. The fourth-order valence-electron chi connectivity index (χ4n) is 2.43. The molecule has 20 heavy (non-hydrogen) atoms. The molecule has 0 aromatic heterocycles. The first-order valence-electron chi connectivity index (χ1n) is 6.44. The van der Waals surface area contributed by atoms with Crippen LogP contribution < -0.4 is 0 Å². The SMILES string of the molecule is CN1C(=O)[C@@]2(COC3=CC=CCC3)SSC1C(=O)N2C. The van der Waals surface area contributed by atoms with Crippen molar-refractivity contribution in [3.63, 3.8) is 0 Å². The number of hydrogen-bond acceptors (Lipinski definition) is 5. The van der Waals surface area contributed by atoms with E-state index in [-0.39, 0.29) is 18.4 Å². The quantitative estimate of drug-likeness (QED) is 0.741. The molecule has 3 saturated heterocycles. The number of allylic oxidation sites excluding steroid dienone is 4. The summed E-state index contributed by atoms with van der Waals surface area (Å²) in [6.45, 7) is 0.197. The molecular formula is C13H16N2O3S2. The van der Waals surface area contributed by atoms with Gasteiger partial charge < -0.3 is 14.5 Å². The number of carbonyl (C=O) groups excluding carboxylic acids is 2. The monoisotopic (exact) mass is 312 g/mol. The van der Waals surface area contributed by atoms with Crippen LogP contribution in [0.2, 0.25) is 0 Å². The zero-order valence-electron chi connectivity index (χ0n) is 11.4. The van der Waals surface area contributed by atoms with Gasteiger partial charge in [-0.05, 0) is 23.3 Å². The maximum absolute atomic E-state index is 12.5. The molecule has 0 aromatic carbocycles. The standard InChI is InChI=1S/C13H16N2O3S2/c1-14-11-10(16)15(2)13(12(14)17,20-19-11)8-18-9-6-4-3-5-7-9/h3-4,6,11H,5,7-8H2,1-2H3/t11?,13-/m1/s1. The minimum Gasteiger partial charge on any atom is -0.494 e. The van der Waals surface area contributed by atoms with Crippen molar-refractivity contribution in [1.82, 2.24) is 9.80 Å². The molecule has 3 aliphatic heterocycles. The maximum Gasteiger partial charge on any atom is 0.264 e. The molecule has 3 fully saturated rings. The van der Waals surface area contributed by atoms with Crippen LogP contribution in [-0.2, 0) is 14.3 Å². The second kappa shape index (κ2) is 5.04. The van der Waals surface area contributed by atoms with E-state index in [1.165, 1.54) is 26.5 Å². The Kier molecular flexibility index (Phi) is 3.50. The molecule has 2 bridgehead atoms. The lowest BCUT2D eigenvalue weighted by molar-refractivity contribution is -0.159. The summed E-state index contributed by atoms with van der Waals surface area (Å²) in [5.74, 6) is 0.786. The van der Waals surface area contributed by atoms with Crippen molar-refractivity contribution in [2.75, 3.05) is 20.7 Å². The maximum atomic E-state index is 12.5. The Hall–Kier alpha value is -1.08. The fourth-order valence-corrected chi connectivity index (χ4v) is 5.75. The summed E-state index contributed by atoms with van der Waals surface area (Å²) in [6.07, 6.45) is 7.75. The van der Waals surface area contributed by atoms with E-state index in [2.05, 4.69) is 6.08 Å². The number of hydrogen-bond donors (Lipinski definition) is 0. The molecule has 4 aliphatic rings. The molecular weight excluding hydrogens is 296 g/mol. The van der Waals surface area contributed by atoms with Crippen LogP contribution >= 0.6 is 21.6 Å². The molecule has 4 rings (SSSR count). The van der Waals surface area contributed by atoms with Crippen LogP contribution in [0.3, 0.4) is 0 Å². The Bertz CT molecular complexity index is 520. The van der Waals surface area contributed by atoms with Crippen molar-refractivity contribution >= 4 is 33.4 Å². The third-order valence-corrected chi connectivity index (χ3v) is 7.10. The van der Waals surface area contributed by atoms with Crippen LogP contribution in [0.1, 0.15) is 12.8 Å². The number of amides is 2. The second-order valence-corrected chi connectivity index (χ2v) is 7.58. The van der Waals surface area contributed by atoms with Gasteiger partial charge in [-0.3, -0.25) is 9.59 Å². The third kappa shape index (κ3) is 1.95. The molecule has 2 amide bonds. The number of rotatable bonds is 3. The number of likely N-dealkylation sites (N-methyl/N-ethyl adjacent to an activating group) is 2. The van der Waals surface area contributed by atoms with Crippen molar-refractivity contribution in [2.45, 2.75) is 23.1 Å². The second-order valence-electron chi connectivity index (χ2n) is 5.02. The minimum absolute atomic E-state index is 0.0306. The van der Waals surface area contributed by atoms with Gasteiger partial charge in [0, 0.05) is 20.5 Å². The molecule has 1 unspecified atom stereocenters. The van der Waals surface area contributed by atoms with Gasteiger partial charge in [0.15, 0.2) is 5.37 Å². The molecule has 2 atom stereocenters. The van der Waals surface area contributed by atoms with Gasteiger partial charge in [-0.15, -0.1) is 0 Å². The first kappa shape index (κ1) is 13.9. The van der Waals surface area contributed by atoms with Gasteiger partial charge in [0.2, 0.25) is 4.87 Å². The van der Waals surface area contributed by atoms with Gasteiger partial charge >= 0.3 is 0 Å². The van der Waals surface area contributed by atoms with Crippen LogP contribution in [0.4, 0.5) is 0 Å². The van der Waals surface area contributed by atoms with E-state index in [9.17, 15) is 9.59 Å². The number of carbonyl (C=O) groups is 2. The van der Waals surface area contributed by atoms with E-state index in [0.717, 1.165) is 18.6 Å². The minimum atomic E-state index is -0.937. The van der Waals surface area contributed by atoms with Gasteiger partial charge in [-0.1, -0.05) is 22.9 Å². The number of piperazine rings is 1. The molecule has 0 aromatic rings. The molecule has 0 saturated carbocycles. The van der Waals surface area contributed by atoms with Crippen LogP contribution in [0.5, 0.6) is 0 Å². The highest BCUT2D eigenvalue weighted by Crippen LogP contribution is 2.52. The summed E-state index contributed by atoms with van der Waals surface area (Å²) in [5, 5.41) is -0.406. The van der Waals surface area contributed by atoms with Crippen LogP contribution in [0.15, 0.2) is 24.0 Å². The Morgan fingerprint density at radius 1 is 1.45 bits per heavy atom. The highest BCUT2D eigenvalue weighted by molar-refractivity contribution is 8.78. The van der Waals surface area contributed by atoms with Crippen LogP contribution in [0.25, 0.3) is 0 Å². The molecule has 0 spiro atoms. The third-order valence-electron chi connectivity index (χ3n) is 3.80. The molecule has 0 radical (unpaired) electrons. The van der Waals surface area contributed by atoms with Crippen molar-refractivity contribution in [1.29, 1.82) is 0 Å². The molecule has 0 N–H and O–H groups in total. The fraction of sp³-hybridized carbons (Fsp3) is 0.538. The average Bonchev–Trinajstić information content (AvgIpc) is 2.48. The smallest absolute Gasteiger partial charge is 0.264 e. The Morgan fingerprint density at radius 2 is 2.25 bits per heavy atom. The molecule has 5 nitrogen and oxygen atoms in total. The van der Waals surface area contributed by atoms with Gasteiger partial charge in [0.25, 0.3) is 11.8 Å². The molecule has 108 valence electrons. The zero-order valence-corrected chi connectivity index (χ0v) is 13.0. The Labute approximate surface area is 125 Å². The lowest BCUT2D eigenvalue weighted by atomic mass is 10.1. The predicted molar refractivity (Wildman–Crippen MR) is 79.7 cm³/mol. The lowest BCUT2D eigenvalue weighted by Gasteiger charge is -2.52. The van der Waals surface area contributed by atoms with Crippen molar-refractivity contribution < 1.29 is 14.3 Å². The molecule has 3 heterocycles. The predicted octanol–water partition coefficient (Wildman–Crippen LogP) is 1.58. The van der Waals surface area contributed by atoms with Crippen LogP contribution in [0, 0.1) is 0 Å². The van der Waals surface area contributed by atoms with E-state index in [4.69, 9.17) is 4.74 Å². The number of nitrogens with zero attached hydrogens (tertiary/aromatic N) is 2. The topological polar surface area (TPSA) is 49.9 Å². The summed E-state index contributed by atoms with van der Waals surface area (Å²) in [7, 11) is 6.24. The van der Waals surface area contributed by atoms with Gasteiger partial charge in [0.1, 0.15) is 6.61 Å². The summed E-state index contributed by atoms with van der Waals surface area (Å²) in [6, 6.07) is 0. The van der Waals surface area contributed by atoms with E-state index < -0.39 is 10.2 Å². The van der Waals surface area contributed by atoms with E-state index in [1.54, 1.807) is 19.0 Å². The van der Waals surface area contributed by atoms with Crippen molar-refractivity contribution in [3.8, 4) is 0 Å². The van der Waals surface area contributed by atoms with Crippen LogP contribution in [-0.4, -0.2) is 52.6 Å². The largest absolute Gasteiger partial charge is 0.494 e. The van der Waals surface area contributed by atoms with Gasteiger partial charge in [-0.2, -0.15) is 0 Å². The first-order chi connectivity index (χ1) is 9.56. The molecule has 1 aliphatic carbocycles. The molecule has 7 heteroatoms. The number of fused-ring (bicyclic) bond motifs is 3. The number of ether oxygens (including phenoxy) is 1. The highest BCUT2D eigenvalue weighted by Gasteiger charge is 2.60. The van der Waals surface area contributed by atoms with Gasteiger partial charge in [-0.25, -0.2) is 0 Å². The van der Waals surface area contributed by atoms with Crippen molar-refractivity contribution in [2.24, 2.45) is 0 Å². The van der Waals surface area contributed by atoms with E-state index in [1.807, 2.05) is 12.2 Å². The van der Waals surface area contributed by atoms with E-state index in [0.29, 0.717) is 0 Å².